The molecule has 0 aromatic rings. The molecule has 23 nitrogen and oxygen atoms in total. The van der Waals surface area contributed by atoms with Gasteiger partial charge in [0.05, 0.1) is 20.1 Å². The summed E-state index contributed by atoms with van der Waals surface area (Å²) in [6, 6.07) is 0. The van der Waals surface area contributed by atoms with Crippen LogP contribution in [0.15, 0.2) is 12.3 Å². The number of carboxylic acids is 1. The number of likely N-dealkylation sites (tertiary alicyclic amines) is 4. The van der Waals surface area contributed by atoms with Crippen molar-refractivity contribution in [1.82, 2.24) is 35.0 Å². The van der Waals surface area contributed by atoms with Gasteiger partial charge >= 0.3 is 53.4 Å². The number of allylic oxidation sites excluding steroid dienone is 1. The van der Waals surface area contributed by atoms with E-state index in [9.17, 15) is 38.4 Å². The zero-order valence-electron chi connectivity index (χ0n) is 54.4. The summed E-state index contributed by atoms with van der Waals surface area (Å²) >= 11 is 0. The van der Waals surface area contributed by atoms with Crippen molar-refractivity contribution >= 4 is 70.9 Å². The Hall–Kier alpha value is -4.01. The van der Waals surface area contributed by atoms with Crippen molar-refractivity contribution in [1.29, 1.82) is 0 Å². The van der Waals surface area contributed by atoms with Crippen LogP contribution in [0.4, 0.5) is 19.2 Å². The van der Waals surface area contributed by atoms with Crippen LogP contribution >= 0.6 is 0 Å². The third-order valence-corrected chi connectivity index (χ3v) is 12.4. The number of piperidine rings is 4. The number of rotatable bonds is 8. The predicted octanol–water partition coefficient (Wildman–Crippen LogP) is 6.15. The zero-order valence-corrected chi connectivity index (χ0v) is 57.4. The van der Waals surface area contributed by atoms with Crippen molar-refractivity contribution in [3.05, 3.63) is 19.7 Å². The minimum absolute atomic E-state index is 0. The Labute approximate surface area is 532 Å². The second-order valence-corrected chi connectivity index (χ2v) is 24.3. The van der Waals surface area contributed by atoms with Gasteiger partial charge in [-0.15, -0.1) is 0 Å². The number of halogens is 1. The minimum Gasteiger partial charge on any atom is -1.00 e. The maximum Gasteiger partial charge on any atom is 2.00 e. The number of ketones is 2. The van der Waals surface area contributed by atoms with Crippen molar-refractivity contribution in [2.75, 3.05) is 108 Å². The number of carboxylic acid groups (broad SMARTS) is 1. The van der Waals surface area contributed by atoms with Crippen LogP contribution in [0.1, 0.15) is 162 Å². The number of nitrogens with zero attached hydrogens (tertiary/aromatic N) is 6. The van der Waals surface area contributed by atoms with Crippen LogP contribution in [0.25, 0.3) is 0 Å². The number of amides is 5. The van der Waals surface area contributed by atoms with E-state index in [1.165, 1.54) is 25.0 Å². The van der Waals surface area contributed by atoms with Crippen molar-refractivity contribution in [3.63, 3.8) is 0 Å². The SMILES string of the molecule is C.C1CCOC1.CC(=O)C1CCN(C(=O)OC(C)(C)C)CC1.CC(C)(C)OC(=O)N1CCC(C(=O)O)CC1.CN(C)/C=C/C(=O)C1CCN(C(=O)OC(C)(C)C)CC1.CNOC.CON(C)C(=O)C1CCN(C(=O)OC(C)(C)C)CC1.[Br-].[CH3-].[Mg+2]. The van der Waals surface area contributed by atoms with Gasteiger partial charge in [-0.05, 0) is 160 Å². The Morgan fingerprint density at radius 3 is 1.02 bits per heavy atom. The summed E-state index contributed by atoms with van der Waals surface area (Å²) in [6.45, 7) is 30.1. The number of ether oxygens (including phenoxy) is 5. The van der Waals surface area contributed by atoms with Gasteiger partial charge in [0.1, 0.15) is 28.2 Å². The topological polar surface area (TPSA) is 253 Å². The second kappa shape index (κ2) is 44.4. The van der Waals surface area contributed by atoms with Crippen LogP contribution < -0.4 is 22.5 Å². The molecule has 0 saturated carbocycles. The summed E-state index contributed by atoms with van der Waals surface area (Å²) in [5.74, 6) is -0.701. The van der Waals surface area contributed by atoms with Crippen LogP contribution in [0.5, 0.6) is 0 Å². The quantitative estimate of drug-likeness (QED) is 0.0909. The Bertz CT molecular complexity index is 1840. The normalized spacial score (nSPS) is 16.8. The molecule has 0 spiro atoms. The summed E-state index contributed by atoms with van der Waals surface area (Å²) in [5.41, 5.74) is 0.521. The molecule has 488 valence electrons. The maximum atomic E-state index is 12.0. The molecule has 5 heterocycles. The van der Waals surface area contributed by atoms with Crippen LogP contribution in [-0.2, 0) is 52.5 Å². The average Bonchev–Trinajstić information content (AvgIpc) is 3.97. The molecule has 0 aromatic heterocycles. The Morgan fingerprint density at radius 2 is 0.810 bits per heavy atom. The van der Waals surface area contributed by atoms with Gasteiger partial charge in [0, 0.05) is 118 Å². The van der Waals surface area contributed by atoms with E-state index in [-0.39, 0.29) is 120 Å². The van der Waals surface area contributed by atoms with E-state index in [1.54, 1.807) is 60.0 Å². The fraction of sp³-hybridized carbons (Fsp3) is 0.814. The van der Waals surface area contributed by atoms with Crippen molar-refractivity contribution < 1.29 is 93.8 Å². The Kier molecular flexibility index (Phi) is 46.9. The second-order valence-electron chi connectivity index (χ2n) is 24.3. The average molecular weight is 1280 g/mol. The van der Waals surface area contributed by atoms with E-state index in [2.05, 4.69) is 10.3 Å². The smallest absolute Gasteiger partial charge is 1.00 e. The number of hydrogen-bond acceptors (Lipinski definition) is 17. The molecule has 0 atom stereocenters. The number of Topliss-reactive ketones (excluding diaryl/α,β-unsaturated/α-hetero) is 1. The van der Waals surface area contributed by atoms with E-state index in [4.69, 9.17) is 33.6 Å². The van der Waals surface area contributed by atoms with E-state index in [1.807, 2.05) is 102 Å². The molecule has 5 amide bonds. The summed E-state index contributed by atoms with van der Waals surface area (Å²) in [6.07, 6.45) is 9.96. The fourth-order valence-corrected chi connectivity index (χ4v) is 7.96. The zero-order chi connectivity index (χ0) is 61.6. The van der Waals surface area contributed by atoms with Gasteiger partial charge in [-0.3, -0.25) is 24.0 Å². The number of aliphatic carboxylic acids is 1. The van der Waals surface area contributed by atoms with Gasteiger partial charge in [-0.25, -0.2) is 29.7 Å². The molecule has 5 aliphatic rings. The third kappa shape index (κ3) is 41.9. The van der Waals surface area contributed by atoms with Crippen LogP contribution in [0.3, 0.4) is 0 Å². The first kappa shape index (κ1) is 88.7. The number of carbonyl (C=O) groups excluding carboxylic acids is 7. The fourth-order valence-electron chi connectivity index (χ4n) is 7.96. The van der Waals surface area contributed by atoms with Gasteiger partial charge in [0.2, 0.25) is 5.91 Å². The van der Waals surface area contributed by atoms with E-state index >= 15 is 0 Å². The van der Waals surface area contributed by atoms with Gasteiger partial charge in [-0.1, -0.05) is 7.43 Å². The molecule has 0 aromatic carbocycles. The Morgan fingerprint density at radius 1 is 0.536 bits per heavy atom. The minimum atomic E-state index is -0.774. The molecule has 0 bridgehead atoms. The molecule has 0 unspecified atom stereocenters. The van der Waals surface area contributed by atoms with Crippen molar-refractivity contribution in [2.24, 2.45) is 23.7 Å². The molecule has 2 N–H and O–H groups in total. The van der Waals surface area contributed by atoms with Gasteiger partial charge in [-0.2, -0.15) is 0 Å². The first-order valence-electron chi connectivity index (χ1n) is 28.1. The summed E-state index contributed by atoms with van der Waals surface area (Å²) < 4.78 is 26.1. The number of hydroxylamine groups is 3. The monoisotopic (exact) mass is 1280 g/mol. The molecule has 5 fully saturated rings. The standard InChI is InChI=1S/C15H26N2O3.C13H24N2O4.C12H21NO3.C11H19NO4.C4H8O.C2H7NO.CH4.CH3.BrH.Mg/c1-15(2,3)20-14(19)17-10-6-12(7-11-17)13(18)8-9-16(4)5;1-13(2,3)19-12(17)15-8-6-10(7-9-15)11(16)14(4)18-5;1-9(14)10-5-7-13(8-6-10)11(15)16-12(2,3)4;1-11(2,3)16-10(15)12-6-4-8(5-7-12)9(13)14;1-2-4-5-3-1;1-3-4-2;;;;/h8-9,12H,6-7,10-11H2,1-5H3;10H,6-9H2,1-5H3;10H,5-8H2,1-4H3;8H,4-7H2,1-3H3,(H,13,14);1-4H2;3H,1-2H3;1H4;1H3;1H;/q;;;;;;;-1;;+2/p-1/b9-8+;;;;;;;;;. The van der Waals surface area contributed by atoms with Crippen LogP contribution in [-0.4, -0.2) is 236 Å². The number of carbonyl (C=O) groups is 8. The first-order chi connectivity index (χ1) is 36.9. The first-order valence-corrected chi connectivity index (χ1v) is 28.1. The van der Waals surface area contributed by atoms with Crippen molar-refractivity contribution in [3.8, 4) is 0 Å². The molecular weight excluding hydrogens is 1170 g/mol. The van der Waals surface area contributed by atoms with E-state index in [0.717, 1.165) is 26.1 Å². The predicted molar refractivity (Wildman–Crippen MR) is 323 cm³/mol. The molecule has 5 saturated heterocycles. The Balaban J connectivity index is -0.000000310. The molecule has 5 rings (SSSR count). The number of nitrogens with one attached hydrogen (secondary N) is 1. The van der Waals surface area contributed by atoms with Gasteiger partial charge in [0.15, 0.2) is 5.78 Å². The maximum absolute atomic E-state index is 12.0. The molecule has 25 heteroatoms. The number of hydrogen-bond donors (Lipinski definition) is 2. The molecular formula is C59H112BrMgN7O16. The third-order valence-electron chi connectivity index (χ3n) is 12.4. The van der Waals surface area contributed by atoms with Gasteiger partial charge < -0.3 is 82.5 Å². The summed E-state index contributed by atoms with van der Waals surface area (Å²) in [7, 11) is 10.1. The molecule has 84 heavy (non-hydrogen) atoms. The van der Waals surface area contributed by atoms with E-state index < -0.39 is 28.4 Å². The van der Waals surface area contributed by atoms with E-state index in [0.29, 0.717) is 90.9 Å². The van der Waals surface area contributed by atoms with Crippen LogP contribution in [0.2, 0.25) is 0 Å². The van der Waals surface area contributed by atoms with Gasteiger partial charge in [0.25, 0.3) is 0 Å². The van der Waals surface area contributed by atoms with Crippen LogP contribution in [0, 0.1) is 31.1 Å². The largest absolute Gasteiger partial charge is 2.00 e. The summed E-state index contributed by atoms with van der Waals surface area (Å²) in [5, 5.41) is 10.1. The molecule has 5 aliphatic heterocycles. The molecule has 0 aliphatic carbocycles. The molecule has 0 radical (unpaired) electrons. The van der Waals surface area contributed by atoms with Crippen molar-refractivity contribution in [2.45, 2.75) is 184 Å². The summed E-state index contributed by atoms with van der Waals surface area (Å²) in [4.78, 5) is 110.